The first-order valence-electron chi connectivity index (χ1n) is 7.73. The van der Waals surface area contributed by atoms with Gasteiger partial charge in [-0.1, -0.05) is 18.6 Å². The average molecular weight is 307 g/mol. The first kappa shape index (κ1) is 14.7. The van der Waals surface area contributed by atoms with Gasteiger partial charge >= 0.3 is 0 Å². The zero-order chi connectivity index (χ0) is 14.8. The molecule has 2 saturated heterocycles. The molecule has 0 bridgehead atoms. The Labute approximate surface area is 130 Å². The Kier molecular flexibility index (Phi) is 4.40. The highest BCUT2D eigenvalue weighted by molar-refractivity contribution is 7.80. The third-order valence-electron chi connectivity index (χ3n) is 4.64. The Bertz CT molecular complexity index is 528. The van der Waals surface area contributed by atoms with E-state index in [0.717, 1.165) is 19.5 Å². The van der Waals surface area contributed by atoms with E-state index >= 15 is 0 Å². The Morgan fingerprint density at radius 2 is 1.95 bits per heavy atom. The number of nitrogens with two attached hydrogens (primary N) is 1. The van der Waals surface area contributed by atoms with E-state index in [1.807, 2.05) is 12.1 Å². The van der Waals surface area contributed by atoms with Crippen molar-refractivity contribution in [2.75, 3.05) is 31.1 Å². The number of halogens is 1. The van der Waals surface area contributed by atoms with E-state index in [4.69, 9.17) is 18.0 Å². The third-order valence-corrected chi connectivity index (χ3v) is 4.88. The fourth-order valence-corrected chi connectivity index (χ4v) is 3.59. The van der Waals surface area contributed by atoms with Crippen LogP contribution in [-0.2, 0) is 0 Å². The largest absolute Gasteiger partial charge is 0.389 e. The summed E-state index contributed by atoms with van der Waals surface area (Å²) in [6.07, 6.45) is 5.07. The normalized spacial score (nSPS) is 23.5. The van der Waals surface area contributed by atoms with Gasteiger partial charge < -0.3 is 10.6 Å². The second kappa shape index (κ2) is 6.28. The van der Waals surface area contributed by atoms with Crippen LogP contribution in [0.1, 0.15) is 31.2 Å². The summed E-state index contributed by atoms with van der Waals surface area (Å²) < 4.78 is 14.3. The van der Waals surface area contributed by atoms with Gasteiger partial charge in [0, 0.05) is 24.7 Å². The fourth-order valence-electron chi connectivity index (χ4n) is 3.46. The van der Waals surface area contributed by atoms with E-state index in [1.54, 1.807) is 0 Å². The van der Waals surface area contributed by atoms with Crippen molar-refractivity contribution in [3.63, 3.8) is 0 Å². The number of benzene rings is 1. The molecule has 5 heteroatoms. The van der Waals surface area contributed by atoms with Gasteiger partial charge in [-0.05, 0) is 50.6 Å². The molecule has 2 aliphatic heterocycles. The van der Waals surface area contributed by atoms with Gasteiger partial charge in [0.25, 0.3) is 0 Å². The first-order valence-corrected chi connectivity index (χ1v) is 8.14. The summed E-state index contributed by atoms with van der Waals surface area (Å²) in [6, 6.07) is 5.64. The minimum absolute atomic E-state index is 0.223. The van der Waals surface area contributed by atoms with Gasteiger partial charge in [-0.2, -0.15) is 0 Å². The van der Waals surface area contributed by atoms with E-state index in [2.05, 4.69) is 9.80 Å². The van der Waals surface area contributed by atoms with Crippen LogP contribution in [0.15, 0.2) is 18.2 Å². The standard InChI is InChI=1S/C16H22FN3S/c17-14-10-12(16(18)21)4-5-15(14)20-9-6-13(11-20)19-7-2-1-3-8-19/h4-5,10,13H,1-3,6-9,11H2,(H2,18,21). The number of anilines is 1. The molecule has 0 radical (unpaired) electrons. The SMILES string of the molecule is NC(=S)c1ccc(N2CCC(N3CCCCC3)C2)c(F)c1. The van der Waals surface area contributed by atoms with Gasteiger partial charge in [0.2, 0.25) is 0 Å². The molecule has 1 aromatic rings. The van der Waals surface area contributed by atoms with Crippen molar-refractivity contribution < 1.29 is 4.39 Å². The Hall–Kier alpha value is -1.20. The van der Waals surface area contributed by atoms with Crippen LogP contribution in [-0.4, -0.2) is 42.1 Å². The summed E-state index contributed by atoms with van der Waals surface area (Å²) in [6.45, 7) is 4.23. The number of nitrogens with zero attached hydrogens (tertiary/aromatic N) is 2. The van der Waals surface area contributed by atoms with Crippen molar-refractivity contribution >= 4 is 22.9 Å². The van der Waals surface area contributed by atoms with E-state index in [9.17, 15) is 4.39 Å². The molecule has 3 rings (SSSR count). The van der Waals surface area contributed by atoms with Gasteiger partial charge in [0.1, 0.15) is 10.8 Å². The number of piperidine rings is 1. The molecule has 0 saturated carbocycles. The highest BCUT2D eigenvalue weighted by atomic mass is 32.1. The molecule has 2 N–H and O–H groups in total. The van der Waals surface area contributed by atoms with Crippen molar-refractivity contribution in [1.82, 2.24) is 4.90 Å². The molecule has 114 valence electrons. The maximum absolute atomic E-state index is 14.3. The quantitative estimate of drug-likeness (QED) is 0.870. The van der Waals surface area contributed by atoms with E-state index in [0.29, 0.717) is 17.3 Å². The summed E-state index contributed by atoms with van der Waals surface area (Å²) >= 11 is 4.89. The molecule has 1 atom stereocenters. The third kappa shape index (κ3) is 3.19. The van der Waals surface area contributed by atoms with Crippen molar-refractivity contribution in [2.24, 2.45) is 5.73 Å². The van der Waals surface area contributed by atoms with Crippen LogP contribution in [0.2, 0.25) is 0 Å². The van der Waals surface area contributed by atoms with E-state index in [-0.39, 0.29) is 10.8 Å². The number of rotatable bonds is 3. The van der Waals surface area contributed by atoms with Crippen molar-refractivity contribution in [2.45, 2.75) is 31.7 Å². The summed E-state index contributed by atoms with van der Waals surface area (Å²) in [5.74, 6) is -0.223. The van der Waals surface area contributed by atoms with E-state index in [1.165, 1.54) is 38.4 Å². The summed E-state index contributed by atoms with van der Waals surface area (Å²) in [7, 11) is 0. The number of thiocarbonyl (C=S) groups is 1. The number of likely N-dealkylation sites (tertiary alicyclic amines) is 1. The molecule has 2 fully saturated rings. The second-order valence-corrected chi connectivity index (χ2v) is 6.46. The average Bonchev–Trinajstić information content (AvgIpc) is 2.97. The lowest BCUT2D eigenvalue weighted by molar-refractivity contribution is 0.175. The topological polar surface area (TPSA) is 32.5 Å². The molecular weight excluding hydrogens is 285 g/mol. The van der Waals surface area contributed by atoms with Gasteiger partial charge in [-0.25, -0.2) is 4.39 Å². The molecule has 0 amide bonds. The monoisotopic (exact) mass is 307 g/mol. The number of hydrogen-bond acceptors (Lipinski definition) is 3. The van der Waals surface area contributed by atoms with Crippen LogP contribution in [0.3, 0.4) is 0 Å². The number of hydrogen-bond donors (Lipinski definition) is 1. The van der Waals surface area contributed by atoms with Gasteiger partial charge in [-0.3, -0.25) is 4.90 Å². The highest BCUT2D eigenvalue weighted by Gasteiger charge is 2.29. The Morgan fingerprint density at radius 1 is 1.19 bits per heavy atom. The predicted octanol–water partition coefficient (Wildman–Crippen LogP) is 2.52. The lowest BCUT2D eigenvalue weighted by Crippen LogP contribution is -2.40. The molecule has 2 heterocycles. The molecule has 2 aliphatic rings. The molecule has 0 spiro atoms. The molecule has 3 nitrogen and oxygen atoms in total. The summed E-state index contributed by atoms with van der Waals surface area (Å²) in [5, 5.41) is 0. The molecule has 21 heavy (non-hydrogen) atoms. The van der Waals surface area contributed by atoms with Gasteiger partial charge in [-0.15, -0.1) is 0 Å². The smallest absolute Gasteiger partial charge is 0.147 e. The Morgan fingerprint density at radius 3 is 2.62 bits per heavy atom. The van der Waals surface area contributed by atoms with Crippen LogP contribution in [0.25, 0.3) is 0 Å². The minimum Gasteiger partial charge on any atom is -0.389 e. The van der Waals surface area contributed by atoms with Crippen molar-refractivity contribution in [3.8, 4) is 0 Å². The fraction of sp³-hybridized carbons (Fsp3) is 0.562. The van der Waals surface area contributed by atoms with Crippen molar-refractivity contribution in [1.29, 1.82) is 0 Å². The zero-order valence-corrected chi connectivity index (χ0v) is 13.0. The summed E-state index contributed by atoms with van der Waals surface area (Å²) in [4.78, 5) is 4.97. The lowest BCUT2D eigenvalue weighted by atomic mass is 10.1. The van der Waals surface area contributed by atoms with Crippen LogP contribution in [0.5, 0.6) is 0 Å². The Balaban J connectivity index is 1.69. The van der Waals surface area contributed by atoms with E-state index < -0.39 is 0 Å². The van der Waals surface area contributed by atoms with Gasteiger partial charge in [0.05, 0.1) is 5.69 Å². The summed E-state index contributed by atoms with van der Waals surface area (Å²) in [5.41, 5.74) is 6.82. The highest BCUT2D eigenvalue weighted by Crippen LogP contribution is 2.27. The van der Waals surface area contributed by atoms with Crippen LogP contribution < -0.4 is 10.6 Å². The second-order valence-electron chi connectivity index (χ2n) is 6.02. The van der Waals surface area contributed by atoms with Crippen LogP contribution in [0.4, 0.5) is 10.1 Å². The zero-order valence-electron chi connectivity index (χ0n) is 12.2. The molecule has 1 unspecified atom stereocenters. The van der Waals surface area contributed by atoms with Crippen LogP contribution >= 0.6 is 12.2 Å². The first-order chi connectivity index (χ1) is 10.1. The molecule has 1 aromatic carbocycles. The minimum atomic E-state index is -0.223. The maximum Gasteiger partial charge on any atom is 0.147 e. The van der Waals surface area contributed by atoms with Crippen LogP contribution in [0, 0.1) is 5.82 Å². The molecular formula is C16H22FN3S. The molecule has 0 aromatic heterocycles. The lowest BCUT2D eigenvalue weighted by Gasteiger charge is -2.32. The van der Waals surface area contributed by atoms with Gasteiger partial charge in [0.15, 0.2) is 0 Å². The van der Waals surface area contributed by atoms with Crippen molar-refractivity contribution in [3.05, 3.63) is 29.6 Å². The predicted molar refractivity (Wildman–Crippen MR) is 88.3 cm³/mol. The maximum atomic E-state index is 14.3. The molecule has 0 aliphatic carbocycles.